The second-order valence-corrected chi connectivity index (χ2v) is 6.01. The zero-order chi connectivity index (χ0) is 18.9. The number of hydrogen-bond acceptors (Lipinski definition) is 3. The fourth-order valence-electron chi connectivity index (χ4n) is 2.75. The molecular weight excluding hydrogens is 469 g/mol. The van der Waals surface area contributed by atoms with Crippen molar-refractivity contribution >= 4 is 35.8 Å². The number of halogens is 3. The van der Waals surface area contributed by atoms with Crippen LogP contribution < -0.4 is 15.4 Å². The lowest BCUT2D eigenvalue weighted by Gasteiger charge is -2.18. The van der Waals surface area contributed by atoms with Crippen molar-refractivity contribution < 1.29 is 18.3 Å². The molecule has 0 aromatic heterocycles. The first-order valence-corrected chi connectivity index (χ1v) is 8.94. The van der Waals surface area contributed by atoms with Crippen molar-refractivity contribution in [1.82, 2.24) is 15.5 Å². The predicted molar refractivity (Wildman–Crippen MR) is 112 cm³/mol. The highest BCUT2D eigenvalue weighted by molar-refractivity contribution is 14.0. The van der Waals surface area contributed by atoms with Crippen molar-refractivity contribution in [3.63, 3.8) is 0 Å². The van der Waals surface area contributed by atoms with E-state index < -0.39 is 11.6 Å². The van der Waals surface area contributed by atoms with Gasteiger partial charge in [0.05, 0.1) is 6.54 Å². The van der Waals surface area contributed by atoms with Gasteiger partial charge in [0.25, 0.3) is 0 Å². The quantitative estimate of drug-likeness (QED) is 0.264. The Kier molecular flexibility index (Phi) is 10.3. The molecule has 0 bridgehead atoms. The van der Waals surface area contributed by atoms with Crippen molar-refractivity contribution in [1.29, 1.82) is 0 Å². The second-order valence-electron chi connectivity index (χ2n) is 6.01. The Morgan fingerprint density at radius 1 is 1.37 bits per heavy atom. The molecule has 1 unspecified atom stereocenters. The summed E-state index contributed by atoms with van der Waals surface area (Å²) >= 11 is 0. The molecule has 0 radical (unpaired) electrons. The van der Waals surface area contributed by atoms with E-state index >= 15 is 0 Å². The Hall–Kier alpha value is -1.65. The third kappa shape index (κ3) is 7.47. The highest BCUT2D eigenvalue weighted by atomic mass is 127. The summed E-state index contributed by atoms with van der Waals surface area (Å²) in [5, 5.41) is 6.45. The third-order valence-electron chi connectivity index (χ3n) is 4.04. The number of likely N-dealkylation sites (tertiary alicyclic amines) is 1. The van der Waals surface area contributed by atoms with Gasteiger partial charge in [0.1, 0.15) is 12.4 Å². The maximum absolute atomic E-state index is 13.5. The molecule has 0 spiro atoms. The van der Waals surface area contributed by atoms with E-state index in [0.29, 0.717) is 32.0 Å². The Morgan fingerprint density at radius 3 is 2.81 bits per heavy atom. The summed E-state index contributed by atoms with van der Waals surface area (Å²) in [5.41, 5.74) is 0. The second kappa shape index (κ2) is 11.9. The molecule has 1 aromatic rings. The van der Waals surface area contributed by atoms with Crippen molar-refractivity contribution in [2.75, 3.05) is 32.8 Å². The largest absolute Gasteiger partial charge is 0.489 e. The van der Waals surface area contributed by atoms with Crippen LogP contribution in [-0.2, 0) is 4.79 Å². The lowest BCUT2D eigenvalue weighted by Crippen LogP contribution is -2.45. The predicted octanol–water partition coefficient (Wildman–Crippen LogP) is 2.53. The molecule has 1 heterocycles. The molecule has 1 fully saturated rings. The Balaban J connectivity index is 0.00000364. The molecule has 1 aliphatic heterocycles. The van der Waals surface area contributed by atoms with Crippen molar-refractivity contribution in [2.45, 2.75) is 32.7 Å². The van der Waals surface area contributed by atoms with Gasteiger partial charge in [0.15, 0.2) is 17.5 Å². The number of hydrogen-bond donors (Lipinski definition) is 2. The smallest absolute Gasteiger partial charge is 0.222 e. The normalized spacial score (nSPS) is 16.7. The summed E-state index contributed by atoms with van der Waals surface area (Å²) in [6, 6.07) is 3.35. The first-order chi connectivity index (χ1) is 12.5. The standard InChI is InChI=1S/C18H26F2N4O2.HI/c1-3-17(25)24-9-7-14(12-24)23-18(21-4-2)22-8-10-26-16-6-5-13(19)11-15(16)20;/h5-6,11,14H,3-4,7-10,12H2,1-2H3,(H2,21,22,23);1H. The number of nitrogens with one attached hydrogen (secondary N) is 2. The highest BCUT2D eigenvalue weighted by Crippen LogP contribution is 2.17. The number of rotatable bonds is 7. The summed E-state index contributed by atoms with van der Waals surface area (Å²) < 4.78 is 31.7. The summed E-state index contributed by atoms with van der Waals surface area (Å²) in [6.07, 6.45) is 1.38. The lowest BCUT2D eigenvalue weighted by molar-refractivity contribution is -0.129. The van der Waals surface area contributed by atoms with Gasteiger partial charge in [-0.1, -0.05) is 6.92 Å². The number of amides is 1. The molecule has 0 aliphatic carbocycles. The van der Waals surface area contributed by atoms with Gasteiger partial charge in [-0.3, -0.25) is 4.79 Å². The van der Waals surface area contributed by atoms with Gasteiger partial charge in [-0.2, -0.15) is 0 Å². The van der Waals surface area contributed by atoms with Gasteiger partial charge < -0.3 is 20.3 Å². The molecule has 0 saturated carbocycles. The van der Waals surface area contributed by atoms with Gasteiger partial charge in [-0.05, 0) is 25.5 Å². The molecule has 152 valence electrons. The van der Waals surface area contributed by atoms with Crippen LogP contribution >= 0.6 is 24.0 Å². The van der Waals surface area contributed by atoms with Crippen LogP contribution in [0.5, 0.6) is 5.75 Å². The van der Waals surface area contributed by atoms with Crippen LogP contribution in [0.1, 0.15) is 26.7 Å². The van der Waals surface area contributed by atoms with E-state index in [1.54, 1.807) is 0 Å². The molecule has 2 rings (SSSR count). The van der Waals surface area contributed by atoms with Crippen LogP contribution in [0.15, 0.2) is 23.2 Å². The van der Waals surface area contributed by atoms with Crippen LogP contribution in [0.3, 0.4) is 0 Å². The maximum Gasteiger partial charge on any atom is 0.222 e. The molecule has 1 aliphatic rings. The monoisotopic (exact) mass is 496 g/mol. The minimum absolute atomic E-state index is 0. The van der Waals surface area contributed by atoms with Crippen LogP contribution in [0.25, 0.3) is 0 Å². The van der Waals surface area contributed by atoms with Gasteiger partial charge in [0.2, 0.25) is 5.91 Å². The highest BCUT2D eigenvalue weighted by Gasteiger charge is 2.25. The maximum atomic E-state index is 13.5. The average molecular weight is 496 g/mol. The SMILES string of the molecule is CCNC(=NCCOc1ccc(F)cc1F)NC1CCN(C(=O)CC)C1.I. The summed E-state index contributed by atoms with van der Waals surface area (Å²) in [6.45, 7) is 6.41. The van der Waals surface area contributed by atoms with E-state index in [4.69, 9.17) is 4.74 Å². The molecule has 1 atom stereocenters. The Morgan fingerprint density at radius 2 is 2.15 bits per heavy atom. The third-order valence-corrected chi connectivity index (χ3v) is 4.04. The average Bonchev–Trinajstić information content (AvgIpc) is 3.08. The molecule has 1 amide bonds. The van der Waals surface area contributed by atoms with Gasteiger partial charge in [-0.15, -0.1) is 24.0 Å². The number of benzene rings is 1. The van der Waals surface area contributed by atoms with Crippen molar-refractivity contribution in [2.24, 2.45) is 4.99 Å². The molecule has 1 aromatic carbocycles. The summed E-state index contributed by atoms with van der Waals surface area (Å²) in [5.74, 6) is -0.578. The van der Waals surface area contributed by atoms with Crippen molar-refractivity contribution in [3.05, 3.63) is 29.8 Å². The Labute approximate surface area is 175 Å². The number of aliphatic imine (C=N–C) groups is 1. The topological polar surface area (TPSA) is 66.0 Å². The molecule has 27 heavy (non-hydrogen) atoms. The van der Waals surface area contributed by atoms with Gasteiger partial charge >= 0.3 is 0 Å². The van der Waals surface area contributed by atoms with E-state index in [1.807, 2.05) is 18.7 Å². The molecule has 2 N–H and O–H groups in total. The Bertz CT molecular complexity index is 646. The van der Waals surface area contributed by atoms with E-state index in [1.165, 1.54) is 6.07 Å². The minimum Gasteiger partial charge on any atom is -0.489 e. The first-order valence-electron chi connectivity index (χ1n) is 8.94. The van der Waals surface area contributed by atoms with Crippen LogP contribution in [0.2, 0.25) is 0 Å². The minimum atomic E-state index is -0.731. The summed E-state index contributed by atoms with van der Waals surface area (Å²) in [7, 11) is 0. The van der Waals surface area contributed by atoms with Crippen LogP contribution in [0, 0.1) is 11.6 Å². The fourth-order valence-corrected chi connectivity index (χ4v) is 2.75. The van der Waals surface area contributed by atoms with E-state index in [9.17, 15) is 13.6 Å². The molecule has 1 saturated heterocycles. The molecule has 6 nitrogen and oxygen atoms in total. The zero-order valence-electron chi connectivity index (χ0n) is 15.6. The number of carbonyl (C=O) groups excluding carboxylic acids is 1. The van der Waals surface area contributed by atoms with Gasteiger partial charge in [0, 0.05) is 38.2 Å². The van der Waals surface area contributed by atoms with E-state index in [0.717, 1.165) is 25.1 Å². The number of ether oxygens (including phenoxy) is 1. The number of nitrogens with zero attached hydrogens (tertiary/aromatic N) is 2. The van der Waals surface area contributed by atoms with Gasteiger partial charge in [-0.25, -0.2) is 13.8 Å². The zero-order valence-corrected chi connectivity index (χ0v) is 18.0. The molecule has 9 heteroatoms. The van der Waals surface area contributed by atoms with Crippen LogP contribution in [0.4, 0.5) is 8.78 Å². The first kappa shape index (κ1) is 23.4. The van der Waals surface area contributed by atoms with Crippen LogP contribution in [-0.4, -0.2) is 55.6 Å². The van der Waals surface area contributed by atoms with E-state index in [-0.39, 0.29) is 48.3 Å². The molecular formula is C18H27F2IN4O2. The lowest BCUT2D eigenvalue weighted by atomic mass is 10.3. The summed E-state index contributed by atoms with van der Waals surface area (Å²) in [4.78, 5) is 18.0. The van der Waals surface area contributed by atoms with E-state index in [2.05, 4.69) is 15.6 Å². The number of carbonyl (C=O) groups is 1. The van der Waals surface area contributed by atoms with Crippen molar-refractivity contribution in [3.8, 4) is 5.75 Å². The number of guanidine groups is 1. The fraction of sp³-hybridized carbons (Fsp3) is 0.556.